The second-order valence-electron chi connectivity index (χ2n) is 3.97. The average Bonchev–Trinajstić information content (AvgIpc) is 2.94. The van der Waals surface area contributed by atoms with Crippen LogP contribution in [0.3, 0.4) is 0 Å². The van der Waals surface area contributed by atoms with Crippen LogP contribution in [0.1, 0.15) is 17.0 Å². The quantitative estimate of drug-likeness (QED) is 0.752. The molecule has 0 atom stereocenters. The second-order valence-corrected chi connectivity index (χ2v) is 3.97. The van der Waals surface area contributed by atoms with Crippen molar-refractivity contribution in [2.45, 2.75) is 20.4 Å². The number of hydrogen-bond acceptors (Lipinski definition) is 7. The first-order chi connectivity index (χ1) is 8.75. The predicted molar refractivity (Wildman–Crippen MR) is 62.9 cm³/mol. The normalized spacial score (nSPS) is 11.0. The van der Waals surface area contributed by atoms with Gasteiger partial charge in [0.25, 0.3) is 5.71 Å². The van der Waals surface area contributed by atoms with Crippen LogP contribution in [-0.4, -0.2) is 20.3 Å². The summed E-state index contributed by atoms with van der Waals surface area (Å²) in [6.07, 6.45) is 3.04. The zero-order valence-electron chi connectivity index (χ0n) is 9.97. The molecular weight excluding hydrogens is 234 g/mol. The van der Waals surface area contributed by atoms with E-state index < -0.39 is 0 Å². The summed E-state index contributed by atoms with van der Waals surface area (Å²) in [5, 5.41) is 11.7. The minimum absolute atomic E-state index is 0.474. The van der Waals surface area contributed by atoms with Gasteiger partial charge in [-0.2, -0.15) is 4.98 Å². The van der Waals surface area contributed by atoms with Gasteiger partial charge in [-0.1, -0.05) is 10.3 Å². The summed E-state index contributed by atoms with van der Waals surface area (Å²) in [6, 6.07) is 0. The molecule has 0 radical (unpaired) electrons. The van der Waals surface area contributed by atoms with Crippen LogP contribution in [-0.2, 0) is 6.54 Å². The van der Waals surface area contributed by atoms with Gasteiger partial charge in [-0.15, -0.1) is 0 Å². The van der Waals surface area contributed by atoms with Crippen molar-refractivity contribution in [2.24, 2.45) is 0 Å². The molecular formula is C11H11N5O2. The van der Waals surface area contributed by atoms with Crippen LogP contribution in [0.2, 0.25) is 0 Å². The van der Waals surface area contributed by atoms with E-state index >= 15 is 0 Å². The number of nitrogens with one attached hydrogen (secondary N) is 1. The molecule has 92 valence electrons. The van der Waals surface area contributed by atoms with Crippen LogP contribution in [0.15, 0.2) is 21.6 Å². The summed E-state index contributed by atoms with van der Waals surface area (Å²) >= 11 is 0. The van der Waals surface area contributed by atoms with Crippen molar-refractivity contribution in [1.29, 1.82) is 0 Å². The Morgan fingerprint density at radius 1 is 1.22 bits per heavy atom. The van der Waals surface area contributed by atoms with Crippen LogP contribution in [0, 0.1) is 13.8 Å². The minimum atomic E-state index is 0.474. The fourth-order valence-electron chi connectivity index (χ4n) is 1.70. The topological polar surface area (TPSA) is 89.9 Å². The minimum Gasteiger partial charge on any atom is -0.364 e. The lowest BCUT2D eigenvalue weighted by Crippen LogP contribution is -2.03. The van der Waals surface area contributed by atoms with Crippen molar-refractivity contribution in [3.63, 3.8) is 0 Å². The van der Waals surface area contributed by atoms with Crippen molar-refractivity contribution < 1.29 is 9.05 Å². The van der Waals surface area contributed by atoms with Gasteiger partial charge in [-0.25, -0.2) is 4.98 Å². The summed E-state index contributed by atoms with van der Waals surface area (Å²) in [7, 11) is 0. The number of anilines is 1. The molecule has 0 saturated heterocycles. The van der Waals surface area contributed by atoms with Gasteiger partial charge in [-0.05, 0) is 13.8 Å². The third-order valence-electron chi connectivity index (χ3n) is 2.71. The van der Waals surface area contributed by atoms with E-state index in [9.17, 15) is 0 Å². The summed E-state index contributed by atoms with van der Waals surface area (Å²) < 4.78 is 9.95. The lowest BCUT2D eigenvalue weighted by Gasteiger charge is -2.04. The van der Waals surface area contributed by atoms with Crippen LogP contribution in [0.4, 0.5) is 5.82 Å². The molecule has 0 aromatic carbocycles. The Labute approximate surface area is 102 Å². The zero-order valence-corrected chi connectivity index (χ0v) is 9.97. The van der Waals surface area contributed by atoms with Gasteiger partial charge in [0.15, 0.2) is 0 Å². The molecule has 3 rings (SSSR count). The van der Waals surface area contributed by atoms with Gasteiger partial charge in [0.1, 0.15) is 29.5 Å². The van der Waals surface area contributed by atoms with Crippen molar-refractivity contribution in [1.82, 2.24) is 20.3 Å². The first-order valence-electron chi connectivity index (χ1n) is 5.46. The van der Waals surface area contributed by atoms with Crippen molar-refractivity contribution in [3.8, 4) is 0 Å². The molecule has 0 fully saturated rings. The van der Waals surface area contributed by atoms with E-state index in [2.05, 4.69) is 25.6 Å². The van der Waals surface area contributed by atoms with E-state index in [4.69, 9.17) is 9.05 Å². The molecule has 0 aliphatic carbocycles. The standard InChI is InChI=1S/C11H11N5O2/c1-6-4-17-16-8(6)3-12-10-9-7(2)15-18-11(9)14-5-13-10/h4-5H,3H2,1-2H3,(H,12,13,14). The SMILES string of the molecule is Cc1conc1CNc1ncnc2onc(C)c12. The Morgan fingerprint density at radius 2 is 2.11 bits per heavy atom. The second kappa shape index (κ2) is 4.10. The molecule has 0 spiro atoms. The zero-order chi connectivity index (χ0) is 12.5. The number of rotatable bonds is 3. The molecule has 3 heterocycles. The first-order valence-corrected chi connectivity index (χ1v) is 5.46. The summed E-state index contributed by atoms with van der Waals surface area (Å²) in [6.45, 7) is 4.31. The number of nitrogens with zero attached hydrogens (tertiary/aromatic N) is 4. The van der Waals surface area contributed by atoms with E-state index in [1.165, 1.54) is 6.33 Å². The third-order valence-corrected chi connectivity index (χ3v) is 2.71. The maximum Gasteiger partial charge on any atom is 0.263 e. The Hall–Kier alpha value is -2.44. The highest BCUT2D eigenvalue weighted by Crippen LogP contribution is 2.22. The lowest BCUT2D eigenvalue weighted by molar-refractivity contribution is 0.412. The van der Waals surface area contributed by atoms with Gasteiger partial charge < -0.3 is 14.4 Å². The first kappa shape index (κ1) is 10.7. The van der Waals surface area contributed by atoms with Gasteiger partial charge in [-0.3, -0.25) is 0 Å². The van der Waals surface area contributed by atoms with Crippen molar-refractivity contribution in [3.05, 3.63) is 29.5 Å². The highest BCUT2D eigenvalue weighted by Gasteiger charge is 2.12. The largest absolute Gasteiger partial charge is 0.364 e. The third kappa shape index (κ3) is 1.69. The summed E-state index contributed by atoms with van der Waals surface area (Å²) in [5.41, 5.74) is 3.07. The van der Waals surface area contributed by atoms with Gasteiger partial charge in [0.2, 0.25) is 0 Å². The highest BCUT2D eigenvalue weighted by molar-refractivity contribution is 5.87. The molecule has 0 unspecified atom stereocenters. The molecule has 1 N–H and O–H groups in total. The number of fused-ring (bicyclic) bond motifs is 1. The number of aromatic nitrogens is 4. The Kier molecular flexibility index (Phi) is 2.44. The van der Waals surface area contributed by atoms with E-state index in [0.717, 1.165) is 22.3 Å². The van der Waals surface area contributed by atoms with Gasteiger partial charge in [0, 0.05) is 5.56 Å². The van der Waals surface area contributed by atoms with E-state index in [1.54, 1.807) is 6.26 Å². The smallest absolute Gasteiger partial charge is 0.263 e. The molecule has 18 heavy (non-hydrogen) atoms. The Bertz CT molecular complexity index is 688. The monoisotopic (exact) mass is 245 g/mol. The van der Waals surface area contributed by atoms with Gasteiger partial charge >= 0.3 is 0 Å². The molecule has 0 amide bonds. The van der Waals surface area contributed by atoms with E-state index in [1.807, 2.05) is 13.8 Å². The Balaban J connectivity index is 1.91. The van der Waals surface area contributed by atoms with Crippen LogP contribution in [0.5, 0.6) is 0 Å². The molecule has 3 aromatic heterocycles. The van der Waals surface area contributed by atoms with E-state index in [-0.39, 0.29) is 0 Å². The Morgan fingerprint density at radius 3 is 2.89 bits per heavy atom. The molecule has 0 aliphatic rings. The molecule has 7 nitrogen and oxygen atoms in total. The summed E-state index contributed by atoms with van der Waals surface area (Å²) in [4.78, 5) is 8.20. The predicted octanol–water partition coefficient (Wildman–Crippen LogP) is 1.83. The summed E-state index contributed by atoms with van der Waals surface area (Å²) in [5.74, 6) is 0.682. The van der Waals surface area contributed by atoms with Crippen molar-refractivity contribution in [2.75, 3.05) is 5.32 Å². The van der Waals surface area contributed by atoms with Crippen LogP contribution < -0.4 is 5.32 Å². The maximum atomic E-state index is 5.07. The van der Waals surface area contributed by atoms with Crippen molar-refractivity contribution >= 4 is 16.9 Å². The lowest BCUT2D eigenvalue weighted by atomic mass is 10.2. The molecule has 3 aromatic rings. The highest BCUT2D eigenvalue weighted by atomic mass is 16.5. The van der Waals surface area contributed by atoms with E-state index in [0.29, 0.717) is 18.1 Å². The fraction of sp³-hybridized carbons (Fsp3) is 0.273. The fourth-order valence-corrected chi connectivity index (χ4v) is 1.70. The average molecular weight is 245 g/mol. The molecule has 0 saturated carbocycles. The molecule has 0 aliphatic heterocycles. The maximum absolute atomic E-state index is 5.07. The molecule has 7 heteroatoms. The molecule has 0 bridgehead atoms. The number of hydrogen-bond donors (Lipinski definition) is 1. The van der Waals surface area contributed by atoms with Crippen LogP contribution >= 0.6 is 0 Å². The van der Waals surface area contributed by atoms with Crippen LogP contribution in [0.25, 0.3) is 11.1 Å². The number of aryl methyl sites for hydroxylation is 2. The van der Waals surface area contributed by atoms with Gasteiger partial charge in [0.05, 0.1) is 12.2 Å².